The fourth-order valence-corrected chi connectivity index (χ4v) is 1.80. The third kappa shape index (κ3) is 4.92. The Morgan fingerprint density at radius 1 is 1.28 bits per heavy atom. The number of hydrogen-bond acceptors (Lipinski definition) is 2. The van der Waals surface area contributed by atoms with Crippen LogP contribution in [-0.2, 0) is 11.2 Å². The quantitative estimate of drug-likeness (QED) is 0.814. The molecule has 0 spiro atoms. The molecule has 1 rings (SSSR count). The summed E-state index contributed by atoms with van der Waals surface area (Å²) >= 11 is 0. The van der Waals surface area contributed by atoms with Crippen molar-refractivity contribution in [3.8, 4) is 0 Å². The molecule has 4 heteroatoms. The lowest BCUT2D eigenvalue weighted by Crippen LogP contribution is -2.09. The first kappa shape index (κ1) is 14.8. The van der Waals surface area contributed by atoms with E-state index in [0.717, 1.165) is 25.0 Å². The number of hydrogen-bond donors (Lipinski definition) is 1. The molecule has 0 amide bonds. The van der Waals surface area contributed by atoms with Crippen LogP contribution < -0.4 is 5.73 Å². The lowest BCUT2D eigenvalue weighted by molar-refractivity contribution is -0.118. The van der Waals surface area contributed by atoms with Crippen LogP contribution in [-0.4, -0.2) is 12.3 Å². The zero-order chi connectivity index (χ0) is 13.5. The first-order valence-electron chi connectivity index (χ1n) is 6.18. The van der Waals surface area contributed by atoms with Crippen molar-refractivity contribution in [1.29, 1.82) is 0 Å². The molecular formula is C14H19F2NO. The molecular weight excluding hydrogens is 236 g/mol. The molecule has 0 heterocycles. The molecule has 0 radical (unpaired) electrons. The van der Waals surface area contributed by atoms with E-state index in [9.17, 15) is 13.6 Å². The van der Waals surface area contributed by atoms with Gasteiger partial charge in [0.05, 0.1) is 0 Å². The molecule has 0 bridgehead atoms. The van der Waals surface area contributed by atoms with Crippen LogP contribution >= 0.6 is 0 Å². The molecule has 1 aromatic rings. The number of rotatable bonds is 7. The standard InChI is InChI=1S/C14H19F2NO/c1-10(6-7-17)2-4-12(18)8-11-3-5-13(15)14(16)9-11/h3,5,9-10H,2,4,6-8,17H2,1H3. The maximum absolute atomic E-state index is 12.9. The third-order valence-electron chi connectivity index (χ3n) is 2.96. The van der Waals surface area contributed by atoms with Crippen LogP contribution in [0, 0.1) is 17.6 Å². The maximum atomic E-state index is 12.9. The van der Waals surface area contributed by atoms with E-state index in [1.807, 2.05) is 0 Å². The summed E-state index contributed by atoms with van der Waals surface area (Å²) in [5.41, 5.74) is 5.95. The Morgan fingerprint density at radius 3 is 2.61 bits per heavy atom. The predicted molar refractivity (Wildman–Crippen MR) is 67.1 cm³/mol. The van der Waals surface area contributed by atoms with Crippen molar-refractivity contribution in [2.75, 3.05) is 6.54 Å². The average Bonchev–Trinajstić information content (AvgIpc) is 2.32. The number of ketones is 1. The van der Waals surface area contributed by atoms with Gasteiger partial charge in [-0.1, -0.05) is 13.0 Å². The summed E-state index contributed by atoms with van der Waals surface area (Å²) in [6, 6.07) is 3.57. The summed E-state index contributed by atoms with van der Waals surface area (Å²) in [6.07, 6.45) is 2.31. The Morgan fingerprint density at radius 2 is 2.00 bits per heavy atom. The van der Waals surface area contributed by atoms with Crippen molar-refractivity contribution >= 4 is 5.78 Å². The van der Waals surface area contributed by atoms with Crippen LogP contribution in [0.25, 0.3) is 0 Å². The number of carbonyl (C=O) groups is 1. The van der Waals surface area contributed by atoms with Gasteiger partial charge in [0.15, 0.2) is 11.6 Å². The highest BCUT2D eigenvalue weighted by Gasteiger charge is 2.09. The average molecular weight is 255 g/mol. The molecule has 0 aliphatic rings. The van der Waals surface area contributed by atoms with Gasteiger partial charge in [-0.05, 0) is 43.0 Å². The summed E-state index contributed by atoms with van der Waals surface area (Å²) < 4.78 is 25.6. The Labute approximate surface area is 106 Å². The van der Waals surface area contributed by atoms with Crippen molar-refractivity contribution in [1.82, 2.24) is 0 Å². The van der Waals surface area contributed by atoms with Gasteiger partial charge in [-0.2, -0.15) is 0 Å². The van der Waals surface area contributed by atoms with Gasteiger partial charge in [0, 0.05) is 12.8 Å². The highest BCUT2D eigenvalue weighted by atomic mass is 19.2. The van der Waals surface area contributed by atoms with Gasteiger partial charge >= 0.3 is 0 Å². The van der Waals surface area contributed by atoms with Crippen molar-refractivity contribution < 1.29 is 13.6 Å². The minimum atomic E-state index is -0.906. The SMILES string of the molecule is CC(CCN)CCC(=O)Cc1ccc(F)c(F)c1. The van der Waals surface area contributed by atoms with Crippen molar-refractivity contribution in [3.05, 3.63) is 35.4 Å². The zero-order valence-electron chi connectivity index (χ0n) is 10.6. The molecule has 18 heavy (non-hydrogen) atoms. The van der Waals surface area contributed by atoms with Crippen LogP contribution in [0.3, 0.4) is 0 Å². The van der Waals surface area contributed by atoms with E-state index in [1.165, 1.54) is 6.07 Å². The first-order chi connectivity index (χ1) is 8.52. The topological polar surface area (TPSA) is 43.1 Å². The largest absolute Gasteiger partial charge is 0.330 e. The van der Waals surface area contributed by atoms with E-state index in [2.05, 4.69) is 6.92 Å². The van der Waals surface area contributed by atoms with Gasteiger partial charge in [-0.25, -0.2) is 8.78 Å². The predicted octanol–water partition coefficient (Wildman–Crippen LogP) is 2.84. The van der Waals surface area contributed by atoms with Crippen molar-refractivity contribution in [2.45, 2.75) is 32.6 Å². The van der Waals surface area contributed by atoms with Gasteiger partial charge in [0.25, 0.3) is 0 Å². The van der Waals surface area contributed by atoms with Crippen molar-refractivity contribution in [2.24, 2.45) is 11.7 Å². The summed E-state index contributed by atoms with van der Waals surface area (Å²) in [5, 5.41) is 0. The minimum Gasteiger partial charge on any atom is -0.330 e. The highest BCUT2D eigenvalue weighted by molar-refractivity contribution is 5.80. The lowest BCUT2D eigenvalue weighted by atomic mass is 9.98. The summed E-state index contributed by atoms with van der Waals surface area (Å²) in [4.78, 5) is 11.7. The minimum absolute atomic E-state index is 0.0462. The number of nitrogens with two attached hydrogens (primary N) is 1. The molecule has 1 unspecified atom stereocenters. The maximum Gasteiger partial charge on any atom is 0.159 e. The lowest BCUT2D eigenvalue weighted by Gasteiger charge is -2.08. The highest BCUT2D eigenvalue weighted by Crippen LogP contribution is 2.13. The third-order valence-corrected chi connectivity index (χ3v) is 2.96. The number of Topliss-reactive ketones (excluding diaryl/α,β-unsaturated/α-hetero) is 1. The smallest absolute Gasteiger partial charge is 0.159 e. The first-order valence-corrected chi connectivity index (χ1v) is 6.18. The fourth-order valence-electron chi connectivity index (χ4n) is 1.80. The van der Waals surface area contributed by atoms with Gasteiger partial charge < -0.3 is 5.73 Å². The second kappa shape index (κ2) is 7.21. The zero-order valence-corrected chi connectivity index (χ0v) is 10.6. The molecule has 1 aromatic carbocycles. The van der Waals surface area contributed by atoms with Crippen LogP contribution in [0.4, 0.5) is 8.78 Å². The Hall–Kier alpha value is -1.29. The second-order valence-corrected chi connectivity index (χ2v) is 4.69. The molecule has 2 nitrogen and oxygen atoms in total. The van der Waals surface area contributed by atoms with Gasteiger partial charge in [0.2, 0.25) is 0 Å². The fraction of sp³-hybridized carbons (Fsp3) is 0.500. The molecule has 2 N–H and O–H groups in total. The van der Waals surface area contributed by atoms with Gasteiger partial charge in [-0.3, -0.25) is 4.79 Å². The van der Waals surface area contributed by atoms with E-state index in [1.54, 1.807) is 0 Å². The monoisotopic (exact) mass is 255 g/mol. The van der Waals surface area contributed by atoms with Crippen LogP contribution in [0.1, 0.15) is 31.7 Å². The molecule has 100 valence electrons. The van der Waals surface area contributed by atoms with E-state index >= 15 is 0 Å². The van der Waals surface area contributed by atoms with E-state index in [4.69, 9.17) is 5.73 Å². The van der Waals surface area contributed by atoms with Crippen LogP contribution in [0.2, 0.25) is 0 Å². The van der Waals surface area contributed by atoms with E-state index in [0.29, 0.717) is 24.4 Å². The molecule has 0 saturated carbocycles. The van der Waals surface area contributed by atoms with E-state index in [-0.39, 0.29) is 12.2 Å². The second-order valence-electron chi connectivity index (χ2n) is 4.69. The number of carbonyl (C=O) groups excluding carboxylic acids is 1. The normalized spacial score (nSPS) is 12.4. The van der Waals surface area contributed by atoms with E-state index < -0.39 is 11.6 Å². The van der Waals surface area contributed by atoms with Crippen LogP contribution in [0.5, 0.6) is 0 Å². The molecule has 0 aromatic heterocycles. The Kier molecular flexibility index (Phi) is 5.92. The molecule has 0 aliphatic heterocycles. The van der Waals surface area contributed by atoms with Gasteiger partial charge in [0.1, 0.15) is 5.78 Å². The molecule has 1 atom stereocenters. The summed E-state index contributed by atoms with van der Waals surface area (Å²) in [7, 11) is 0. The molecule has 0 saturated heterocycles. The number of benzene rings is 1. The Balaban J connectivity index is 2.42. The summed E-state index contributed by atoms with van der Waals surface area (Å²) in [5.74, 6) is -1.33. The van der Waals surface area contributed by atoms with Crippen molar-refractivity contribution in [3.63, 3.8) is 0 Å². The summed E-state index contributed by atoms with van der Waals surface area (Å²) in [6.45, 7) is 2.68. The van der Waals surface area contributed by atoms with Gasteiger partial charge in [-0.15, -0.1) is 0 Å². The number of halogens is 2. The Bertz CT molecular complexity index is 407. The molecule has 0 aliphatic carbocycles. The molecule has 0 fully saturated rings. The van der Waals surface area contributed by atoms with Crippen LogP contribution in [0.15, 0.2) is 18.2 Å².